The Hall–Kier alpha value is -1.10. The number of carbonyl (C=O) groups is 2. The van der Waals surface area contributed by atoms with Crippen LogP contribution in [0, 0.1) is 5.92 Å². The van der Waals surface area contributed by atoms with Crippen LogP contribution in [0.5, 0.6) is 0 Å². The van der Waals surface area contributed by atoms with E-state index in [4.69, 9.17) is 5.73 Å². The van der Waals surface area contributed by atoms with Crippen LogP contribution < -0.4 is 16.4 Å². The number of imide groups is 1. The Morgan fingerprint density at radius 2 is 1.93 bits per heavy atom. The first-order chi connectivity index (χ1) is 6.47. The van der Waals surface area contributed by atoms with Gasteiger partial charge in [-0.25, -0.2) is 4.79 Å². The molecule has 0 aliphatic heterocycles. The maximum atomic E-state index is 11.0. The molecule has 0 aromatic heterocycles. The summed E-state index contributed by atoms with van der Waals surface area (Å²) in [5.41, 5.74) is 4.79. The molecular formula is C9H19N3O2. The average molecular weight is 201 g/mol. The lowest BCUT2D eigenvalue weighted by Crippen LogP contribution is -2.44. The molecule has 14 heavy (non-hydrogen) atoms. The molecule has 0 spiro atoms. The van der Waals surface area contributed by atoms with E-state index in [1.165, 1.54) is 0 Å². The quantitative estimate of drug-likeness (QED) is 0.594. The van der Waals surface area contributed by atoms with Crippen molar-refractivity contribution in [3.63, 3.8) is 0 Å². The molecule has 0 radical (unpaired) electrons. The highest BCUT2D eigenvalue weighted by Gasteiger charge is 2.11. The van der Waals surface area contributed by atoms with E-state index >= 15 is 0 Å². The van der Waals surface area contributed by atoms with Crippen LogP contribution >= 0.6 is 0 Å². The molecule has 0 aliphatic rings. The second-order valence-corrected chi connectivity index (χ2v) is 3.47. The Bertz CT molecular complexity index is 206. The minimum Gasteiger partial charge on any atom is -0.351 e. The van der Waals surface area contributed by atoms with Crippen molar-refractivity contribution in [2.24, 2.45) is 11.7 Å². The van der Waals surface area contributed by atoms with E-state index in [2.05, 4.69) is 19.2 Å². The molecule has 5 heteroatoms. The van der Waals surface area contributed by atoms with Gasteiger partial charge in [-0.15, -0.1) is 0 Å². The lowest BCUT2D eigenvalue weighted by molar-refractivity contribution is -0.119. The molecule has 0 fully saturated rings. The highest BCUT2D eigenvalue weighted by molar-refractivity contribution is 5.94. The van der Waals surface area contributed by atoms with E-state index < -0.39 is 11.9 Å². The van der Waals surface area contributed by atoms with Gasteiger partial charge in [-0.1, -0.05) is 20.3 Å². The molecule has 5 nitrogen and oxygen atoms in total. The smallest absolute Gasteiger partial charge is 0.318 e. The molecule has 0 aromatic rings. The van der Waals surface area contributed by atoms with E-state index in [0.29, 0.717) is 5.92 Å². The minimum atomic E-state index is -0.812. The summed E-state index contributed by atoms with van der Waals surface area (Å²) in [7, 11) is 0. The van der Waals surface area contributed by atoms with Gasteiger partial charge in [0, 0.05) is 6.04 Å². The first-order valence-corrected chi connectivity index (χ1v) is 4.80. The topological polar surface area (TPSA) is 84.2 Å². The summed E-state index contributed by atoms with van der Waals surface area (Å²) in [5.74, 6) is 0.101. The van der Waals surface area contributed by atoms with Crippen molar-refractivity contribution in [1.29, 1.82) is 0 Å². The lowest BCUT2D eigenvalue weighted by atomic mass is 10.0. The number of urea groups is 1. The highest BCUT2D eigenvalue weighted by Crippen LogP contribution is 2.05. The fourth-order valence-electron chi connectivity index (χ4n) is 0.990. The van der Waals surface area contributed by atoms with Crippen LogP contribution in [-0.2, 0) is 4.79 Å². The first kappa shape index (κ1) is 12.9. The van der Waals surface area contributed by atoms with E-state index in [9.17, 15) is 9.59 Å². The summed E-state index contributed by atoms with van der Waals surface area (Å²) >= 11 is 0. The van der Waals surface area contributed by atoms with E-state index in [-0.39, 0.29) is 12.6 Å². The van der Waals surface area contributed by atoms with Crippen molar-refractivity contribution >= 4 is 11.9 Å². The van der Waals surface area contributed by atoms with Gasteiger partial charge in [-0.05, 0) is 12.8 Å². The Morgan fingerprint density at radius 1 is 1.36 bits per heavy atom. The van der Waals surface area contributed by atoms with Crippen LogP contribution in [0.1, 0.15) is 27.2 Å². The predicted molar refractivity (Wildman–Crippen MR) is 54.6 cm³/mol. The summed E-state index contributed by atoms with van der Waals surface area (Å²) in [5, 5.41) is 5.01. The van der Waals surface area contributed by atoms with Crippen LogP contribution in [0.15, 0.2) is 0 Å². The van der Waals surface area contributed by atoms with Gasteiger partial charge in [0.05, 0.1) is 6.54 Å². The van der Waals surface area contributed by atoms with E-state index in [1.807, 2.05) is 12.2 Å². The molecule has 3 amide bonds. The molecule has 4 N–H and O–H groups in total. The SMILES string of the molecule is CCC(C)C(C)NCC(=O)NC(N)=O. The van der Waals surface area contributed by atoms with Crippen molar-refractivity contribution in [3.8, 4) is 0 Å². The number of hydrogen-bond acceptors (Lipinski definition) is 3. The van der Waals surface area contributed by atoms with Crippen molar-refractivity contribution < 1.29 is 9.59 Å². The summed E-state index contributed by atoms with van der Waals surface area (Å²) in [6, 6.07) is -0.563. The van der Waals surface area contributed by atoms with Gasteiger partial charge >= 0.3 is 6.03 Å². The van der Waals surface area contributed by atoms with Crippen molar-refractivity contribution in [1.82, 2.24) is 10.6 Å². The van der Waals surface area contributed by atoms with Crippen LogP contribution in [0.25, 0.3) is 0 Å². The molecule has 0 heterocycles. The summed E-state index contributed by atoms with van der Waals surface area (Å²) < 4.78 is 0. The number of rotatable bonds is 5. The second-order valence-electron chi connectivity index (χ2n) is 3.47. The molecule has 2 atom stereocenters. The van der Waals surface area contributed by atoms with Crippen molar-refractivity contribution in [3.05, 3.63) is 0 Å². The van der Waals surface area contributed by atoms with Crippen LogP contribution in [-0.4, -0.2) is 24.5 Å². The number of primary amides is 1. The summed E-state index contributed by atoms with van der Waals surface area (Å²) in [6.07, 6.45) is 1.05. The average Bonchev–Trinajstić information content (AvgIpc) is 2.11. The van der Waals surface area contributed by atoms with Gasteiger partial charge < -0.3 is 11.1 Å². The number of nitrogens with one attached hydrogen (secondary N) is 2. The predicted octanol–water partition coefficient (Wildman–Crippen LogP) is 0.206. The van der Waals surface area contributed by atoms with Gasteiger partial charge in [0.15, 0.2) is 0 Å². The highest BCUT2D eigenvalue weighted by atomic mass is 16.2. The zero-order chi connectivity index (χ0) is 11.1. The Morgan fingerprint density at radius 3 is 2.36 bits per heavy atom. The van der Waals surface area contributed by atoms with Crippen molar-refractivity contribution in [2.45, 2.75) is 33.2 Å². The fraction of sp³-hybridized carbons (Fsp3) is 0.778. The van der Waals surface area contributed by atoms with Crippen LogP contribution in [0.3, 0.4) is 0 Å². The zero-order valence-corrected chi connectivity index (χ0v) is 8.96. The standard InChI is InChI=1S/C9H19N3O2/c1-4-6(2)7(3)11-5-8(13)12-9(10)14/h6-7,11H,4-5H2,1-3H3,(H3,10,12,13,14). The molecule has 0 saturated heterocycles. The Balaban J connectivity index is 3.71. The van der Waals surface area contributed by atoms with Gasteiger partial charge in [0.1, 0.15) is 0 Å². The van der Waals surface area contributed by atoms with E-state index in [0.717, 1.165) is 6.42 Å². The third-order valence-electron chi connectivity index (χ3n) is 2.34. The molecule has 2 unspecified atom stereocenters. The van der Waals surface area contributed by atoms with Gasteiger partial charge in [-0.3, -0.25) is 10.1 Å². The summed E-state index contributed by atoms with van der Waals surface area (Å²) in [4.78, 5) is 21.3. The molecule has 0 bridgehead atoms. The van der Waals surface area contributed by atoms with Gasteiger partial charge in [0.2, 0.25) is 5.91 Å². The molecule has 82 valence electrons. The monoisotopic (exact) mass is 201 g/mol. The third kappa shape index (κ3) is 5.53. The molecule has 0 aromatic carbocycles. The second kappa shape index (κ2) is 6.37. The maximum absolute atomic E-state index is 11.0. The van der Waals surface area contributed by atoms with Gasteiger partial charge in [0.25, 0.3) is 0 Å². The zero-order valence-electron chi connectivity index (χ0n) is 8.96. The number of hydrogen-bond donors (Lipinski definition) is 3. The maximum Gasteiger partial charge on any atom is 0.318 e. The van der Waals surface area contributed by atoms with Crippen molar-refractivity contribution in [2.75, 3.05) is 6.54 Å². The molecule has 0 rings (SSSR count). The van der Waals surface area contributed by atoms with Crippen LogP contribution in [0.4, 0.5) is 4.79 Å². The van der Waals surface area contributed by atoms with E-state index in [1.54, 1.807) is 0 Å². The largest absolute Gasteiger partial charge is 0.351 e. The van der Waals surface area contributed by atoms with Gasteiger partial charge in [-0.2, -0.15) is 0 Å². The lowest BCUT2D eigenvalue weighted by Gasteiger charge is -2.19. The normalized spacial score (nSPS) is 14.5. The fourth-order valence-corrected chi connectivity index (χ4v) is 0.990. The Kier molecular flexibility index (Phi) is 5.87. The van der Waals surface area contributed by atoms with Crippen LogP contribution in [0.2, 0.25) is 0 Å². The molecule has 0 aliphatic carbocycles. The molecule has 0 saturated carbocycles. The molecular weight excluding hydrogens is 182 g/mol. The Labute approximate surface area is 84.4 Å². The number of carbonyl (C=O) groups excluding carboxylic acids is 2. The third-order valence-corrected chi connectivity index (χ3v) is 2.34. The number of nitrogens with two attached hydrogens (primary N) is 1. The summed E-state index contributed by atoms with van der Waals surface area (Å²) in [6.45, 7) is 6.32. The minimum absolute atomic E-state index is 0.119. The first-order valence-electron chi connectivity index (χ1n) is 4.80. The number of amides is 3.